The zero-order chi connectivity index (χ0) is 39.8. The second-order valence-corrected chi connectivity index (χ2v) is 15.9. The number of phenols is 1. The summed E-state index contributed by atoms with van der Waals surface area (Å²) in [5, 5.41) is 56.3. The van der Waals surface area contributed by atoms with Crippen LogP contribution in [0, 0.1) is 23.7 Å². The van der Waals surface area contributed by atoms with Crippen molar-refractivity contribution in [1.29, 1.82) is 0 Å². The molecule has 2 aromatic carbocycles. The van der Waals surface area contributed by atoms with Crippen molar-refractivity contribution in [3.8, 4) is 11.5 Å². The molecule has 5 N–H and O–H groups in total. The van der Waals surface area contributed by atoms with Crippen molar-refractivity contribution in [3.05, 3.63) is 59.2 Å². The Kier molecular flexibility index (Phi) is 12.6. The lowest BCUT2D eigenvalue weighted by Gasteiger charge is -2.49. The van der Waals surface area contributed by atoms with Crippen molar-refractivity contribution in [1.82, 2.24) is 0 Å². The van der Waals surface area contributed by atoms with Gasteiger partial charge in [-0.05, 0) is 91.0 Å². The first kappa shape index (κ1) is 41.0. The molecule has 55 heavy (non-hydrogen) atoms. The number of Topliss-reactive ketones (excluding diaryl/α,β-unsaturated/α-hetero) is 1. The van der Waals surface area contributed by atoms with E-state index >= 15 is 0 Å². The highest BCUT2D eigenvalue weighted by Crippen LogP contribution is 2.60. The zero-order valence-corrected chi connectivity index (χ0v) is 31.9. The number of hydrogen-bond donors (Lipinski definition) is 5. The molecule has 2 saturated heterocycles. The highest BCUT2D eigenvalue weighted by atomic mass is 16.7. The van der Waals surface area contributed by atoms with Crippen LogP contribution >= 0.6 is 0 Å². The standard InChI is InChI=1S/C41H54O14/c1-20(2)6-15-31(44)21(3)41(49)29-14-9-24-16-25(43)10-13-27(24)28(29)17-30(41)35-38(53-22(4)42)36(33(46)19-51-35)55-40-37(34(47)32(45)18-52-40)54-39(48)23-7-11-26(50-5)12-8-23/h7-8,10-13,16,20-21,28-30,32-38,40,43,45-47,49H,6,9,14-15,17-19H2,1-5H3/t21?,28-,29?,30-,32+,33-,34-,35-,36-,37+,38-,40-,41+/m0/s1. The largest absolute Gasteiger partial charge is 0.508 e. The Labute approximate surface area is 320 Å². The molecule has 0 spiro atoms. The van der Waals surface area contributed by atoms with Gasteiger partial charge in [0.15, 0.2) is 18.5 Å². The lowest BCUT2D eigenvalue weighted by molar-refractivity contribution is -0.319. The van der Waals surface area contributed by atoms with Crippen LogP contribution in [-0.4, -0.2) is 118 Å². The maximum Gasteiger partial charge on any atom is 0.338 e. The zero-order valence-electron chi connectivity index (χ0n) is 31.9. The van der Waals surface area contributed by atoms with Gasteiger partial charge < -0.3 is 54.0 Å². The monoisotopic (exact) mass is 770 g/mol. The van der Waals surface area contributed by atoms with E-state index in [9.17, 15) is 39.9 Å². The first-order chi connectivity index (χ1) is 26.1. The fourth-order valence-corrected chi connectivity index (χ4v) is 9.15. The summed E-state index contributed by atoms with van der Waals surface area (Å²) in [7, 11) is 1.48. The molecule has 2 aliphatic heterocycles. The molecule has 4 aliphatic rings. The van der Waals surface area contributed by atoms with Crippen LogP contribution in [0.4, 0.5) is 0 Å². The van der Waals surface area contributed by atoms with Gasteiger partial charge in [0.2, 0.25) is 0 Å². The molecule has 0 aromatic heterocycles. The summed E-state index contributed by atoms with van der Waals surface area (Å²) < 4.78 is 35.1. The number of aliphatic hydroxyl groups is 4. The molecule has 2 heterocycles. The van der Waals surface area contributed by atoms with Gasteiger partial charge in [-0.25, -0.2) is 4.79 Å². The van der Waals surface area contributed by atoms with Crippen molar-refractivity contribution < 1.29 is 68.3 Å². The number of aryl methyl sites for hydroxylation is 1. The van der Waals surface area contributed by atoms with Gasteiger partial charge >= 0.3 is 11.9 Å². The van der Waals surface area contributed by atoms with E-state index in [-0.39, 0.29) is 47.9 Å². The molecule has 0 bridgehead atoms. The van der Waals surface area contributed by atoms with Crippen LogP contribution < -0.4 is 4.74 Å². The van der Waals surface area contributed by atoms with Crippen molar-refractivity contribution >= 4 is 17.7 Å². The Morgan fingerprint density at radius 2 is 1.62 bits per heavy atom. The van der Waals surface area contributed by atoms with E-state index in [2.05, 4.69) is 0 Å². The van der Waals surface area contributed by atoms with E-state index in [0.717, 1.165) is 11.1 Å². The number of ether oxygens (including phenoxy) is 6. The summed E-state index contributed by atoms with van der Waals surface area (Å²) >= 11 is 0. The molecule has 302 valence electrons. The Morgan fingerprint density at radius 3 is 2.29 bits per heavy atom. The number of carbonyl (C=O) groups is 3. The fourth-order valence-electron chi connectivity index (χ4n) is 9.15. The van der Waals surface area contributed by atoms with Crippen LogP contribution in [0.25, 0.3) is 0 Å². The van der Waals surface area contributed by atoms with Crippen molar-refractivity contribution in [2.75, 3.05) is 20.3 Å². The van der Waals surface area contributed by atoms with Gasteiger partial charge in [0.1, 0.15) is 47.8 Å². The van der Waals surface area contributed by atoms with Gasteiger partial charge in [0.05, 0.1) is 31.5 Å². The number of hydrogen-bond acceptors (Lipinski definition) is 14. The number of fused-ring (bicyclic) bond motifs is 3. The van der Waals surface area contributed by atoms with Crippen molar-refractivity contribution in [3.63, 3.8) is 0 Å². The number of rotatable bonds is 12. The van der Waals surface area contributed by atoms with E-state index in [0.29, 0.717) is 31.4 Å². The smallest absolute Gasteiger partial charge is 0.338 e. The van der Waals surface area contributed by atoms with E-state index in [1.165, 1.54) is 26.2 Å². The first-order valence-electron chi connectivity index (χ1n) is 19.2. The Hall–Kier alpha value is -3.63. The molecule has 6 rings (SSSR count). The highest BCUT2D eigenvalue weighted by Gasteiger charge is 2.64. The van der Waals surface area contributed by atoms with Gasteiger partial charge in [-0.1, -0.05) is 26.8 Å². The van der Waals surface area contributed by atoms with Crippen LogP contribution in [0.1, 0.15) is 80.8 Å². The Bertz CT molecular complexity index is 1680. The van der Waals surface area contributed by atoms with Gasteiger partial charge in [-0.3, -0.25) is 9.59 Å². The maximum atomic E-state index is 13.9. The third kappa shape index (κ3) is 8.27. The number of esters is 2. The molecular weight excluding hydrogens is 716 g/mol. The van der Waals surface area contributed by atoms with Gasteiger partial charge in [-0.15, -0.1) is 0 Å². The molecule has 2 aliphatic carbocycles. The lowest BCUT2D eigenvalue weighted by Crippen LogP contribution is -2.64. The van der Waals surface area contributed by atoms with Crippen LogP contribution in [-0.2, 0) is 39.7 Å². The molecule has 14 nitrogen and oxygen atoms in total. The molecule has 0 radical (unpaired) electrons. The number of ketones is 1. The third-order valence-electron chi connectivity index (χ3n) is 12.1. The number of carbonyl (C=O) groups excluding carboxylic acids is 3. The number of aromatic hydroxyl groups is 1. The molecule has 14 heteroatoms. The minimum Gasteiger partial charge on any atom is -0.508 e. The van der Waals surface area contributed by atoms with Crippen LogP contribution in [0.15, 0.2) is 42.5 Å². The average molecular weight is 771 g/mol. The van der Waals surface area contributed by atoms with Crippen LogP contribution in [0.5, 0.6) is 11.5 Å². The predicted octanol–water partition coefficient (Wildman–Crippen LogP) is 2.82. The van der Waals surface area contributed by atoms with Gasteiger partial charge in [-0.2, -0.15) is 0 Å². The predicted molar refractivity (Wildman–Crippen MR) is 194 cm³/mol. The number of methoxy groups -OCH3 is 1. The highest BCUT2D eigenvalue weighted by molar-refractivity contribution is 5.89. The second kappa shape index (κ2) is 16.8. The summed E-state index contributed by atoms with van der Waals surface area (Å²) in [6.07, 6.45) is -9.14. The third-order valence-corrected chi connectivity index (χ3v) is 12.1. The molecule has 3 fully saturated rings. The minimum absolute atomic E-state index is 0.101. The summed E-state index contributed by atoms with van der Waals surface area (Å²) in [5.74, 6) is -3.04. The SMILES string of the molecule is COc1ccc(C(=O)O[C@H]2[C@H](O[C@@H]3[C@@H](OC(C)=O)[C@H]([C@@H]4C[C@H]5c6ccc(O)cc6CCC5[C@]4(O)C(C)C(=O)CCC(C)C)OC[C@@H]3O)OC[C@@H](O)[C@@H]2O)cc1. The van der Waals surface area contributed by atoms with Crippen molar-refractivity contribution in [2.24, 2.45) is 23.7 Å². The number of phenolic OH excluding ortho intramolecular Hbond substituents is 1. The molecule has 2 unspecified atom stereocenters. The Morgan fingerprint density at radius 1 is 0.909 bits per heavy atom. The van der Waals surface area contributed by atoms with E-state index in [4.69, 9.17) is 28.4 Å². The first-order valence-corrected chi connectivity index (χ1v) is 19.2. The number of benzene rings is 2. The summed E-state index contributed by atoms with van der Waals surface area (Å²) in [5.41, 5.74) is 0.384. The normalized spacial score (nSPS) is 35.0. The quantitative estimate of drug-likeness (QED) is 0.197. The van der Waals surface area contributed by atoms with Gasteiger partial charge in [0.25, 0.3) is 0 Å². The molecular formula is C41H54O14. The fraction of sp³-hybridized carbons (Fsp3) is 0.634. The molecule has 0 amide bonds. The summed E-state index contributed by atoms with van der Waals surface area (Å²) in [6.45, 7) is 6.26. The summed E-state index contributed by atoms with van der Waals surface area (Å²) in [6, 6.07) is 11.2. The maximum absolute atomic E-state index is 13.9. The lowest BCUT2D eigenvalue weighted by atomic mass is 9.65. The molecule has 1 saturated carbocycles. The van der Waals surface area contributed by atoms with Crippen molar-refractivity contribution in [2.45, 2.75) is 120 Å². The minimum atomic E-state index is -1.65. The molecule has 13 atom stereocenters. The topological polar surface area (TPSA) is 208 Å². The summed E-state index contributed by atoms with van der Waals surface area (Å²) in [4.78, 5) is 39.9. The Balaban J connectivity index is 1.33. The second-order valence-electron chi connectivity index (χ2n) is 15.9. The van der Waals surface area contributed by atoms with Gasteiger partial charge in [0, 0.05) is 25.2 Å². The molecule has 2 aromatic rings. The number of aliphatic hydroxyl groups excluding tert-OH is 3. The van der Waals surface area contributed by atoms with E-state index in [1.54, 1.807) is 31.2 Å². The van der Waals surface area contributed by atoms with E-state index < -0.39 is 85.0 Å². The van der Waals surface area contributed by atoms with Crippen LogP contribution in [0.2, 0.25) is 0 Å². The van der Waals surface area contributed by atoms with Crippen LogP contribution in [0.3, 0.4) is 0 Å². The average Bonchev–Trinajstić information content (AvgIpc) is 3.46. The van der Waals surface area contributed by atoms with E-state index in [1.807, 2.05) is 19.9 Å².